The fourth-order valence-corrected chi connectivity index (χ4v) is 5.28. The van der Waals surface area contributed by atoms with E-state index in [4.69, 9.17) is 4.74 Å². The number of carbonyl (C=O) groups excluding carboxylic acids is 1. The van der Waals surface area contributed by atoms with Crippen LogP contribution >= 0.6 is 11.3 Å². The molecule has 154 valence electrons. The molecule has 8 heteroatoms. The number of thiazole rings is 1. The highest BCUT2D eigenvalue weighted by atomic mass is 32.2. The molecule has 2 aromatic carbocycles. The molecule has 0 amide bonds. The molecule has 0 atom stereocenters. The summed E-state index contributed by atoms with van der Waals surface area (Å²) in [6.45, 7) is 4.05. The highest BCUT2D eigenvalue weighted by Gasteiger charge is 2.16. The molecule has 0 saturated heterocycles. The van der Waals surface area contributed by atoms with Crippen molar-refractivity contribution in [3.8, 4) is 0 Å². The SMILES string of the molecule is CCCCc1ccc2c(c1)s/c(=N\S(=O)(=O)c1ccccc1)n2CC(=O)OCC. The van der Waals surface area contributed by atoms with Gasteiger partial charge in [-0.15, -0.1) is 4.40 Å². The number of ether oxygens (including phenoxy) is 1. The normalized spacial score (nSPS) is 12.4. The van der Waals surface area contributed by atoms with Gasteiger partial charge in [0.2, 0.25) is 4.80 Å². The maximum atomic E-state index is 12.8. The lowest BCUT2D eigenvalue weighted by molar-refractivity contribution is -0.143. The maximum Gasteiger partial charge on any atom is 0.326 e. The lowest BCUT2D eigenvalue weighted by atomic mass is 10.1. The van der Waals surface area contributed by atoms with E-state index in [1.54, 1.807) is 29.7 Å². The van der Waals surface area contributed by atoms with Crippen LogP contribution < -0.4 is 4.80 Å². The Hall–Kier alpha value is -2.45. The number of hydrogen-bond donors (Lipinski definition) is 0. The molecule has 3 aromatic rings. The summed E-state index contributed by atoms with van der Waals surface area (Å²) in [6, 6.07) is 14.0. The molecule has 0 unspecified atom stereocenters. The molecule has 0 bridgehead atoms. The van der Waals surface area contributed by atoms with Crippen LogP contribution in [0.1, 0.15) is 32.3 Å². The quantitative estimate of drug-likeness (QED) is 0.506. The molecule has 0 spiro atoms. The predicted octanol–water partition coefficient (Wildman–Crippen LogP) is 3.90. The zero-order valence-electron chi connectivity index (χ0n) is 16.5. The van der Waals surface area contributed by atoms with E-state index in [2.05, 4.69) is 11.3 Å². The Morgan fingerprint density at radius 1 is 1.14 bits per heavy atom. The predicted molar refractivity (Wildman–Crippen MR) is 114 cm³/mol. The van der Waals surface area contributed by atoms with Gasteiger partial charge in [0.15, 0.2) is 0 Å². The Morgan fingerprint density at radius 2 is 1.90 bits per heavy atom. The number of benzene rings is 2. The van der Waals surface area contributed by atoms with Crippen molar-refractivity contribution in [2.24, 2.45) is 4.40 Å². The summed E-state index contributed by atoms with van der Waals surface area (Å²) < 4.78 is 37.1. The van der Waals surface area contributed by atoms with E-state index >= 15 is 0 Å². The van der Waals surface area contributed by atoms with E-state index in [9.17, 15) is 13.2 Å². The summed E-state index contributed by atoms with van der Waals surface area (Å²) in [4.78, 5) is 12.5. The van der Waals surface area contributed by atoms with Gasteiger partial charge < -0.3 is 9.30 Å². The van der Waals surface area contributed by atoms with Gasteiger partial charge >= 0.3 is 5.97 Å². The molecule has 6 nitrogen and oxygen atoms in total. The first-order valence-electron chi connectivity index (χ1n) is 9.58. The van der Waals surface area contributed by atoms with Crippen LogP contribution in [0.3, 0.4) is 0 Å². The number of aromatic nitrogens is 1. The number of sulfonamides is 1. The summed E-state index contributed by atoms with van der Waals surface area (Å²) >= 11 is 1.26. The van der Waals surface area contributed by atoms with E-state index < -0.39 is 16.0 Å². The van der Waals surface area contributed by atoms with E-state index in [1.165, 1.54) is 29.0 Å². The van der Waals surface area contributed by atoms with Gasteiger partial charge in [-0.25, -0.2) is 0 Å². The van der Waals surface area contributed by atoms with Crippen LogP contribution in [-0.2, 0) is 32.5 Å². The van der Waals surface area contributed by atoms with Crippen LogP contribution in [0.4, 0.5) is 0 Å². The topological polar surface area (TPSA) is 77.7 Å². The Bertz CT molecular complexity index is 1160. The number of rotatable bonds is 8. The van der Waals surface area contributed by atoms with Crippen LogP contribution in [0.5, 0.6) is 0 Å². The van der Waals surface area contributed by atoms with Gasteiger partial charge in [0.1, 0.15) is 6.54 Å². The van der Waals surface area contributed by atoms with Crippen molar-refractivity contribution in [1.82, 2.24) is 4.57 Å². The van der Waals surface area contributed by atoms with Crippen LogP contribution in [-0.4, -0.2) is 25.6 Å². The van der Waals surface area contributed by atoms with Crippen molar-refractivity contribution in [1.29, 1.82) is 0 Å². The fourth-order valence-electron chi connectivity index (χ4n) is 2.96. The number of carbonyl (C=O) groups is 1. The standard InChI is InChI=1S/C21H24N2O4S2/c1-3-5-9-16-12-13-18-19(14-16)28-21(23(18)15-20(24)27-4-2)22-29(25,26)17-10-7-6-8-11-17/h6-8,10-14H,3-5,9,15H2,1-2H3/b22-21-. The number of unbranched alkanes of at least 4 members (excludes halogenated alkanes) is 1. The highest BCUT2D eigenvalue weighted by molar-refractivity contribution is 7.90. The molecule has 29 heavy (non-hydrogen) atoms. The van der Waals surface area contributed by atoms with Gasteiger partial charge in [-0.05, 0) is 49.6 Å². The van der Waals surface area contributed by atoms with E-state index in [0.717, 1.165) is 29.5 Å². The maximum absolute atomic E-state index is 12.8. The van der Waals surface area contributed by atoms with Gasteiger partial charge in [-0.2, -0.15) is 8.42 Å². The van der Waals surface area contributed by atoms with Crippen molar-refractivity contribution >= 4 is 37.5 Å². The van der Waals surface area contributed by atoms with Crippen LogP contribution in [0.25, 0.3) is 10.2 Å². The van der Waals surface area contributed by atoms with Crippen molar-refractivity contribution in [3.05, 3.63) is 58.9 Å². The first kappa shape index (κ1) is 21.3. The second kappa shape index (κ2) is 9.37. The van der Waals surface area contributed by atoms with E-state index in [-0.39, 0.29) is 22.8 Å². The summed E-state index contributed by atoms with van der Waals surface area (Å²) in [5.74, 6) is -0.430. The molecule has 0 fully saturated rings. The van der Waals surface area contributed by atoms with Gasteiger partial charge in [-0.1, -0.05) is 48.9 Å². The molecule has 3 rings (SSSR count). The number of hydrogen-bond acceptors (Lipinski definition) is 5. The molecule has 1 heterocycles. The first-order chi connectivity index (χ1) is 13.9. The van der Waals surface area contributed by atoms with Crippen molar-refractivity contribution < 1.29 is 17.9 Å². The van der Waals surface area contributed by atoms with Crippen molar-refractivity contribution in [2.75, 3.05) is 6.61 Å². The molecule has 0 aliphatic rings. The summed E-state index contributed by atoms with van der Waals surface area (Å²) in [6.07, 6.45) is 3.14. The summed E-state index contributed by atoms with van der Waals surface area (Å²) in [5, 5.41) is 0. The summed E-state index contributed by atoms with van der Waals surface area (Å²) in [5.41, 5.74) is 1.95. The first-order valence-corrected chi connectivity index (χ1v) is 11.8. The van der Waals surface area contributed by atoms with Gasteiger partial charge in [0.05, 0.1) is 21.7 Å². The van der Waals surface area contributed by atoms with Crippen molar-refractivity contribution in [3.63, 3.8) is 0 Å². The molecule has 0 N–H and O–H groups in total. The highest BCUT2D eigenvalue weighted by Crippen LogP contribution is 2.21. The largest absolute Gasteiger partial charge is 0.465 e. The fraction of sp³-hybridized carbons (Fsp3) is 0.333. The van der Waals surface area contributed by atoms with Gasteiger partial charge in [0, 0.05) is 0 Å². The molecule has 0 aliphatic heterocycles. The van der Waals surface area contributed by atoms with Crippen LogP contribution in [0.2, 0.25) is 0 Å². The number of nitrogens with zero attached hydrogens (tertiary/aromatic N) is 2. The third-order valence-electron chi connectivity index (χ3n) is 4.40. The average molecular weight is 433 g/mol. The monoisotopic (exact) mass is 432 g/mol. The Kier molecular flexibility index (Phi) is 6.87. The molecule has 0 radical (unpaired) electrons. The van der Waals surface area contributed by atoms with Gasteiger partial charge in [0.25, 0.3) is 10.0 Å². The van der Waals surface area contributed by atoms with Gasteiger partial charge in [-0.3, -0.25) is 4.79 Å². The smallest absolute Gasteiger partial charge is 0.326 e. The molecular formula is C21H24N2O4S2. The minimum atomic E-state index is -3.89. The minimum absolute atomic E-state index is 0.0920. The Labute approximate surface area is 174 Å². The lowest BCUT2D eigenvalue weighted by Crippen LogP contribution is -2.23. The summed E-state index contributed by atoms with van der Waals surface area (Å²) in [7, 11) is -3.89. The van der Waals surface area contributed by atoms with Crippen molar-refractivity contribution in [2.45, 2.75) is 44.6 Å². The molecule has 1 aromatic heterocycles. The second-order valence-electron chi connectivity index (χ2n) is 6.56. The average Bonchev–Trinajstić information content (AvgIpc) is 3.02. The lowest BCUT2D eigenvalue weighted by Gasteiger charge is -2.06. The van der Waals surface area contributed by atoms with Crippen LogP contribution in [0, 0.1) is 0 Å². The number of aryl methyl sites for hydroxylation is 1. The second-order valence-corrected chi connectivity index (χ2v) is 9.17. The van der Waals surface area contributed by atoms with E-state index in [0.29, 0.717) is 0 Å². The molecule has 0 aliphatic carbocycles. The van der Waals surface area contributed by atoms with Crippen LogP contribution in [0.15, 0.2) is 57.8 Å². The van der Waals surface area contributed by atoms with E-state index in [1.807, 2.05) is 18.2 Å². The third-order valence-corrected chi connectivity index (χ3v) is 6.84. The zero-order valence-corrected chi connectivity index (χ0v) is 18.1. The number of fused-ring (bicyclic) bond motifs is 1. The molecular weight excluding hydrogens is 408 g/mol. The third kappa shape index (κ3) is 5.13. The Morgan fingerprint density at radius 3 is 2.59 bits per heavy atom. The number of esters is 1. The Balaban J connectivity index is 2.14. The zero-order chi connectivity index (χ0) is 20.9. The minimum Gasteiger partial charge on any atom is -0.465 e. The molecule has 0 saturated carbocycles.